The summed E-state index contributed by atoms with van der Waals surface area (Å²) < 4.78 is 5.75. The van der Waals surface area contributed by atoms with Crippen LogP contribution >= 0.6 is 11.8 Å². The molecule has 0 atom stereocenters. The Kier molecular flexibility index (Phi) is 3.74. The Morgan fingerprint density at radius 2 is 2.05 bits per heavy atom. The SMILES string of the molecule is CCc1nc(C)c(CSc2cccc3cccnc23)o1. The van der Waals surface area contributed by atoms with Gasteiger partial charge in [-0.15, -0.1) is 11.8 Å². The third kappa shape index (κ3) is 2.56. The molecule has 3 nitrogen and oxygen atoms in total. The first-order valence-corrected chi connectivity index (χ1v) is 7.68. The molecule has 0 saturated carbocycles. The molecule has 4 heteroatoms. The average Bonchev–Trinajstić information content (AvgIpc) is 2.85. The smallest absolute Gasteiger partial charge is 0.194 e. The fraction of sp³-hybridized carbons (Fsp3) is 0.250. The van der Waals surface area contributed by atoms with Crippen molar-refractivity contribution in [2.24, 2.45) is 0 Å². The zero-order valence-corrected chi connectivity index (χ0v) is 12.4. The normalized spacial score (nSPS) is 11.1. The molecule has 3 rings (SSSR count). The fourth-order valence-corrected chi connectivity index (χ4v) is 3.15. The van der Waals surface area contributed by atoms with E-state index in [0.717, 1.165) is 35.0 Å². The van der Waals surface area contributed by atoms with Gasteiger partial charge in [-0.2, -0.15) is 0 Å². The van der Waals surface area contributed by atoms with E-state index in [1.165, 1.54) is 10.3 Å². The first-order chi connectivity index (χ1) is 9.78. The lowest BCUT2D eigenvalue weighted by atomic mass is 10.2. The third-order valence-electron chi connectivity index (χ3n) is 3.19. The molecule has 0 unspecified atom stereocenters. The number of para-hydroxylation sites is 1. The van der Waals surface area contributed by atoms with Crippen molar-refractivity contribution in [2.45, 2.75) is 30.9 Å². The Balaban J connectivity index is 1.85. The van der Waals surface area contributed by atoms with Crippen LogP contribution in [0, 0.1) is 6.92 Å². The maximum atomic E-state index is 5.75. The first kappa shape index (κ1) is 13.2. The zero-order chi connectivity index (χ0) is 13.9. The van der Waals surface area contributed by atoms with Gasteiger partial charge in [-0.1, -0.05) is 25.1 Å². The number of aromatic nitrogens is 2. The molecule has 0 bridgehead atoms. The van der Waals surface area contributed by atoms with E-state index in [1.54, 1.807) is 11.8 Å². The number of thioether (sulfide) groups is 1. The summed E-state index contributed by atoms with van der Waals surface area (Å²) in [7, 11) is 0. The van der Waals surface area contributed by atoms with Gasteiger partial charge in [-0.3, -0.25) is 4.98 Å². The van der Waals surface area contributed by atoms with Crippen molar-refractivity contribution in [3.05, 3.63) is 53.9 Å². The highest BCUT2D eigenvalue weighted by Gasteiger charge is 2.10. The number of nitrogens with zero attached hydrogens (tertiary/aromatic N) is 2. The summed E-state index contributed by atoms with van der Waals surface area (Å²) in [6.45, 7) is 4.05. The number of hydrogen-bond donors (Lipinski definition) is 0. The van der Waals surface area contributed by atoms with Crippen LogP contribution in [0.4, 0.5) is 0 Å². The molecule has 2 aromatic heterocycles. The Labute approximate surface area is 122 Å². The summed E-state index contributed by atoms with van der Waals surface area (Å²) in [5.41, 5.74) is 2.04. The zero-order valence-electron chi connectivity index (χ0n) is 11.6. The standard InChI is InChI=1S/C16H16N2OS/c1-3-15-18-11(2)13(19-15)10-20-14-8-4-6-12-7-5-9-17-16(12)14/h4-9H,3,10H2,1-2H3. The van der Waals surface area contributed by atoms with Crippen molar-refractivity contribution in [1.29, 1.82) is 0 Å². The molecule has 0 aliphatic carbocycles. The van der Waals surface area contributed by atoms with Crippen molar-refractivity contribution in [2.75, 3.05) is 0 Å². The monoisotopic (exact) mass is 284 g/mol. The van der Waals surface area contributed by atoms with Crippen LogP contribution in [0.5, 0.6) is 0 Å². The molecule has 1 aromatic carbocycles. The van der Waals surface area contributed by atoms with Crippen LogP contribution < -0.4 is 0 Å². The van der Waals surface area contributed by atoms with Gasteiger partial charge in [-0.25, -0.2) is 4.98 Å². The predicted octanol–water partition coefficient (Wildman–Crippen LogP) is 4.39. The molecule has 20 heavy (non-hydrogen) atoms. The topological polar surface area (TPSA) is 38.9 Å². The highest BCUT2D eigenvalue weighted by molar-refractivity contribution is 7.98. The van der Waals surface area contributed by atoms with Gasteiger partial charge in [0.2, 0.25) is 0 Å². The van der Waals surface area contributed by atoms with E-state index in [2.05, 4.69) is 41.2 Å². The van der Waals surface area contributed by atoms with Gasteiger partial charge in [0.15, 0.2) is 5.89 Å². The maximum Gasteiger partial charge on any atom is 0.194 e. The molecule has 102 valence electrons. The van der Waals surface area contributed by atoms with Gasteiger partial charge in [-0.05, 0) is 19.1 Å². The van der Waals surface area contributed by atoms with Crippen molar-refractivity contribution in [3.8, 4) is 0 Å². The first-order valence-electron chi connectivity index (χ1n) is 6.69. The van der Waals surface area contributed by atoms with Crippen molar-refractivity contribution in [3.63, 3.8) is 0 Å². The number of benzene rings is 1. The third-order valence-corrected chi connectivity index (χ3v) is 4.24. The lowest BCUT2D eigenvalue weighted by molar-refractivity contribution is 0.473. The van der Waals surface area contributed by atoms with Crippen LogP contribution in [0.15, 0.2) is 45.8 Å². The molecule has 0 aliphatic rings. The number of hydrogen-bond acceptors (Lipinski definition) is 4. The lowest BCUT2D eigenvalue weighted by Gasteiger charge is -2.04. The molecule has 0 aliphatic heterocycles. The van der Waals surface area contributed by atoms with Gasteiger partial charge >= 0.3 is 0 Å². The van der Waals surface area contributed by atoms with Crippen LogP contribution in [0.25, 0.3) is 10.9 Å². The Morgan fingerprint density at radius 1 is 1.20 bits per heavy atom. The molecule has 2 heterocycles. The molecular formula is C16H16N2OS. The van der Waals surface area contributed by atoms with Gasteiger partial charge in [0.1, 0.15) is 5.76 Å². The molecule has 0 spiro atoms. The molecule has 0 amide bonds. The summed E-state index contributed by atoms with van der Waals surface area (Å²) in [4.78, 5) is 10.1. The molecule has 0 N–H and O–H groups in total. The van der Waals surface area contributed by atoms with E-state index in [1.807, 2.05) is 19.2 Å². The van der Waals surface area contributed by atoms with E-state index in [-0.39, 0.29) is 0 Å². The van der Waals surface area contributed by atoms with E-state index in [4.69, 9.17) is 4.42 Å². The molecule has 0 radical (unpaired) electrons. The van der Waals surface area contributed by atoms with Crippen LogP contribution in [-0.4, -0.2) is 9.97 Å². The summed E-state index contributed by atoms with van der Waals surface area (Å²) in [5.74, 6) is 2.56. The number of pyridine rings is 1. The van der Waals surface area contributed by atoms with E-state index in [9.17, 15) is 0 Å². The number of oxazole rings is 1. The van der Waals surface area contributed by atoms with Gasteiger partial charge in [0, 0.05) is 22.9 Å². The minimum absolute atomic E-state index is 0.786. The highest BCUT2D eigenvalue weighted by atomic mass is 32.2. The van der Waals surface area contributed by atoms with Crippen LogP contribution in [0.3, 0.4) is 0 Å². The second-order valence-corrected chi connectivity index (χ2v) is 5.61. The Bertz CT molecular complexity index is 731. The summed E-state index contributed by atoms with van der Waals surface area (Å²) in [5, 5.41) is 1.17. The van der Waals surface area contributed by atoms with Gasteiger partial charge in [0.25, 0.3) is 0 Å². The Morgan fingerprint density at radius 3 is 2.85 bits per heavy atom. The van der Waals surface area contributed by atoms with Crippen molar-refractivity contribution in [1.82, 2.24) is 9.97 Å². The molecule has 3 aromatic rings. The lowest BCUT2D eigenvalue weighted by Crippen LogP contribution is -1.84. The largest absolute Gasteiger partial charge is 0.445 e. The van der Waals surface area contributed by atoms with Crippen LogP contribution in [0.1, 0.15) is 24.3 Å². The van der Waals surface area contributed by atoms with Crippen molar-refractivity contribution < 1.29 is 4.42 Å². The van der Waals surface area contributed by atoms with Gasteiger partial charge in [0.05, 0.1) is 17.0 Å². The summed E-state index contributed by atoms with van der Waals surface area (Å²) >= 11 is 1.74. The second-order valence-electron chi connectivity index (χ2n) is 4.59. The number of rotatable bonds is 4. The highest BCUT2D eigenvalue weighted by Crippen LogP contribution is 2.29. The van der Waals surface area contributed by atoms with Crippen LogP contribution in [-0.2, 0) is 12.2 Å². The number of aryl methyl sites for hydroxylation is 2. The van der Waals surface area contributed by atoms with E-state index >= 15 is 0 Å². The van der Waals surface area contributed by atoms with E-state index in [0.29, 0.717) is 0 Å². The predicted molar refractivity (Wildman–Crippen MR) is 81.9 cm³/mol. The van der Waals surface area contributed by atoms with Crippen LogP contribution in [0.2, 0.25) is 0 Å². The minimum atomic E-state index is 0.786. The maximum absolute atomic E-state index is 5.75. The Hall–Kier alpha value is -1.81. The second kappa shape index (κ2) is 5.67. The van der Waals surface area contributed by atoms with Gasteiger partial charge < -0.3 is 4.42 Å². The molecular weight excluding hydrogens is 268 g/mol. The van der Waals surface area contributed by atoms with Crippen molar-refractivity contribution >= 4 is 22.7 Å². The molecule has 0 saturated heterocycles. The quantitative estimate of drug-likeness (QED) is 0.666. The summed E-state index contributed by atoms with van der Waals surface area (Å²) in [6, 6.07) is 10.3. The number of fused-ring (bicyclic) bond motifs is 1. The van der Waals surface area contributed by atoms with E-state index < -0.39 is 0 Å². The fourth-order valence-electron chi connectivity index (χ4n) is 2.11. The molecule has 0 fully saturated rings. The summed E-state index contributed by atoms with van der Waals surface area (Å²) in [6.07, 6.45) is 2.67. The minimum Gasteiger partial charge on any atom is -0.445 e. The average molecular weight is 284 g/mol.